The zero-order valence-electron chi connectivity index (χ0n) is 14.6. The van der Waals surface area contributed by atoms with Crippen LogP contribution in [0.4, 0.5) is 0 Å². The van der Waals surface area contributed by atoms with E-state index in [0.717, 1.165) is 6.42 Å². The Bertz CT molecular complexity index is 295. The van der Waals surface area contributed by atoms with Gasteiger partial charge in [0.15, 0.2) is 0 Å². The number of hydrogen-bond donors (Lipinski definition) is 1. The summed E-state index contributed by atoms with van der Waals surface area (Å²) in [5.41, 5.74) is 1.80. The Kier molecular flexibility index (Phi) is 9.82. The Morgan fingerprint density at radius 3 is 1.79 bits per heavy atom. The summed E-state index contributed by atoms with van der Waals surface area (Å²) in [4.78, 5) is 0. The standard InChI is InChI=1S/C16H29N.C2H6/c1-8-9-13(10-11-17)14(16(5,6)7)12-15(2,3)4;1-2/h8-11,14,17H,12H2,1-7H3;1-2H3/b9-8-,13-10+,17-11?;. The highest BCUT2D eigenvalue weighted by atomic mass is 14.4. The fraction of sp³-hybridized carbons (Fsp3) is 0.722. The molecule has 1 N–H and O–H groups in total. The molecule has 0 aliphatic carbocycles. The van der Waals surface area contributed by atoms with E-state index in [9.17, 15) is 0 Å². The first kappa shape index (κ1) is 20.5. The van der Waals surface area contributed by atoms with Crippen LogP contribution in [0.1, 0.15) is 68.7 Å². The minimum atomic E-state index is 0.224. The number of hydrogen-bond acceptors (Lipinski definition) is 1. The van der Waals surface area contributed by atoms with Crippen LogP contribution in [0.25, 0.3) is 0 Å². The Morgan fingerprint density at radius 2 is 1.53 bits per heavy atom. The maximum absolute atomic E-state index is 7.31. The highest BCUT2D eigenvalue weighted by Crippen LogP contribution is 2.40. The summed E-state index contributed by atoms with van der Waals surface area (Å²) in [6, 6.07) is 0. The highest BCUT2D eigenvalue weighted by molar-refractivity contribution is 5.70. The molecule has 0 aromatic rings. The van der Waals surface area contributed by atoms with Gasteiger partial charge >= 0.3 is 0 Å². The molecule has 1 nitrogen and oxygen atoms in total. The van der Waals surface area contributed by atoms with E-state index in [2.05, 4.69) is 53.7 Å². The number of allylic oxidation sites excluding steroid dienone is 4. The van der Waals surface area contributed by atoms with E-state index in [1.807, 2.05) is 26.8 Å². The van der Waals surface area contributed by atoms with Gasteiger partial charge in [0.25, 0.3) is 0 Å². The predicted molar refractivity (Wildman–Crippen MR) is 90.0 cm³/mol. The Balaban J connectivity index is 0. The first-order valence-electron chi connectivity index (χ1n) is 7.45. The topological polar surface area (TPSA) is 23.9 Å². The fourth-order valence-electron chi connectivity index (χ4n) is 2.11. The highest BCUT2D eigenvalue weighted by Gasteiger charge is 2.30. The van der Waals surface area contributed by atoms with Crippen molar-refractivity contribution in [3.05, 3.63) is 23.8 Å². The zero-order valence-corrected chi connectivity index (χ0v) is 14.6. The molecular formula is C18H35N. The maximum Gasteiger partial charge on any atom is 0.0180 e. The average molecular weight is 265 g/mol. The van der Waals surface area contributed by atoms with Gasteiger partial charge in [-0.05, 0) is 41.7 Å². The summed E-state index contributed by atoms with van der Waals surface area (Å²) in [6.45, 7) is 19.7. The van der Waals surface area contributed by atoms with Crippen LogP contribution in [0, 0.1) is 22.2 Å². The van der Waals surface area contributed by atoms with E-state index in [1.54, 1.807) is 0 Å². The lowest BCUT2D eigenvalue weighted by molar-refractivity contribution is 0.199. The Labute approximate surface area is 121 Å². The van der Waals surface area contributed by atoms with Crippen LogP contribution >= 0.6 is 0 Å². The minimum Gasteiger partial charge on any atom is -0.309 e. The normalized spacial score (nSPS) is 14.9. The van der Waals surface area contributed by atoms with Gasteiger partial charge in [0.1, 0.15) is 0 Å². The van der Waals surface area contributed by atoms with Crippen molar-refractivity contribution in [3.63, 3.8) is 0 Å². The van der Waals surface area contributed by atoms with Gasteiger partial charge in [0, 0.05) is 6.21 Å². The molecule has 0 saturated carbocycles. The van der Waals surface area contributed by atoms with Gasteiger partial charge in [-0.15, -0.1) is 0 Å². The summed E-state index contributed by atoms with van der Waals surface area (Å²) in [5, 5.41) is 7.31. The quantitative estimate of drug-likeness (QED) is 0.458. The number of nitrogens with one attached hydrogen (secondary N) is 1. The first-order valence-corrected chi connectivity index (χ1v) is 7.45. The molecule has 0 aliphatic rings. The van der Waals surface area contributed by atoms with Crippen molar-refractivity contribution in [1.82, 2.24) is 0 Å². The van der Waals surface area contributed by atoms with Crippen LogP contribution in [-0.4, -0.2) is 6.21 Å². The molecule has 0 fully saturated rings. The molecular weight excluding hydrogens is 230 g/mol. The lowest BCUT2D eigenvalue weighted by atomic mass is 9.68. The van der Waals surface area contributed by atoms with E-state index >= 15 is 0 Å². The largest absolute Gasteiger partial charge is 0.309 e. The van der Waals surface area contributed by atoms with E-state index < -0.39 is 0 Å². The van der Waals surface area contributed by atoms with Crippen LogP contribution in [-0.2, 0) is 0 Å². The zero-order chi connectivity index (χ0) is 15.7. The van der Waals surface area contributed by atoms with Crippen molar-refractivity contribution in [2.45, 2.75) is 68.7 Å². The van der Waals surface area contributed by atoms with Gasteiger partial charge < -0.3 is 5.41 Å². The minimum absolute atomic E-state index is 0.224. The summed E-state index contributed by atoms with van der Waals surface area (Å²) < 4.78 is 0. The van der Waals surface area contributed by atoms with Crippen LogP contribution in [0.15, 0.2) is 23.8 Å². The van der Waals surface area contributed by atoms with Crippen LogP contribution < -0.4 is 0 Å². The van der Waals surface area contributed by atoms with Gasteiger partial charge in [-0.25, -0.2) is 0 Å². The van der Waals surface area contributed by atoms with Crippen molar-refractivity contribution >= 4 is 6.21 Å². The van der Waals surface area contributed by atoms with Crippen molar-refractivity contribution in [2.75, 3.05) is 0 Å². The van der Waals surface area contributed by atoms with Gasteiger partial charge in [-0.3, -0.25) is 0 Å². The van der Waals surface area contributed by atoms with Gasteiger partial charge in [-0.2, -0.15) is 0 Å². The monoisotopic (exact) mass is 265 g/mol. The maximum atomic E-state index is 7.31. The SMILES string of the molecule is C/C=C\C(=C/C=N)C(CC(C)(C)C)C(C)(C)C.CC. The van der Waals surface area contributed by atoms with E-state index in [-0.39, 0.29) is 5.41 Å². The molecule has 112 valence electrons. The molecule has 0 amide bonds. The van der Waals surface area contributed by atoms with Crippen molar-refractivity contribution in [3.8, 4) is 0 Å². The molecule has 0 bridgehead atoms. The second-order valence-electron chi connectivity index (χ2n) is 7.02. The molecule has 1 unspecified atom stereocenters. The third-order valence-corrected chi connectivity index (χ3v) is 2.90. The third kappa shape index (κ3) is 9.69. The third-order valence-electron chi connectivity index (χ3n) is 2.90. The second-order valence-corrected chi connectivity index (χ2v) is 7.02. The average Bonchev–Trinajstić information content (AvgIpc) is 2.26. The summed E-state index contributed by atoms with van der Waals surface area (Å²) in [5.74, 6) is 0.486. The Morgan fingerprint density at radius 1 is 1.05 bits per heavy atom. The summed E-state index contributed by atoms with van der Waals surface area (Å²) in [7, 11) is 0. The first-order chi connectivity index (χ1) is 8.61. The molecule has 0 rings (SSSR count). The van der Waals surface area contributed by atoms with Crippen LogP contribution in [0.2, 0.25) is 0 Å². The molecule has 1 atom stereocenters. The molecule has 0 radical (unpaired) electrons. The molecule has 19 heavy (non-hydrogen) atoms. The summed E-state index contributed by atoms with van der Waals surface area (Å²) in [6.07, 6.45) is 8.68. The molecule has 0 aliphatic heterocycles. The van der Waals surface area contributed by atoms with Crippen LogP contribution in [0.5, 0.6) is 0 Å². The van der Waals surface area contributed by atoms with Crippen molar-refractivity contribution < 1.29 is 0 Å². The molecule has 1 heteroatoms. The fourth-order valence-corrected chi connectivity index (χ4v) is 2.11. The molecule has 0 heterocycles. The van der Waals surface area contributed by atoms with E-state index in [0.29, 0.717) is 11.3 Å². The van der Waals surface area contributed by atoms with Crippen LogP contribution in [0.3, 0.4) is 0 Å². The van der Waals surface area contributed by atoms with E-state index in [1.165, 1.54) is 11.8 Å². The lowest BCUT2D eigenvalue weighted by Crippen LogP contribution is -2.27. The predicted octanol–water partition coefficient (Wildman–Crippen LogP) is 6.26. The molecule has 0 aromatic heterocycles. The summed E-state index contributed by atoms with van der Waals surface area (Å²) >= 11 is 0. The van der Waals surface area contributed by atoms with Gasteiger partial charge in [0.2, 0.25) is 0 Å². The van der Waals surface area contributed by atoms with Crippen molar-refractivity contribution in [2.24, 2.45) is 16.7 Å². The molecule has 0 aromatic carbocycles. The van der Waals surface area contributed by atoms with E-state index in [4.69, 9.17) is 5.41 Å². The molecule has 0 saturated heterocycles. The number of rotatable bonds is 4. The molecule has 0 spiro atoms. The van der Waals surface area contributed by atoms with Crippen molar-refractivity contribution in [1.29, 1.82) is 5.41 Å². The second kappa shape index (κ2) is 9.12. The Hall–Kier alpha value is -0.850. The lowest BCUT2D eigenvalue weighted by Gasteiger charge is -2.36. The van der Waals surface area contributed by atoms with Gasteiger partial charge in [0.05, 0.1) is 0 Å². The smallest absolute Gasteiger partial charge is 0.0180 e. The van der Waals surface area contributed by atoms with Gasteiger partial charge in [-0.1, -0.05) is 67.5 Å².